The van der Waals surface area contributed by atoms with Gasteiger partial charge in [-0.25, -0.2) is 13.2 Å². The lowest BCUT2D eigenvalue weighted by Gasteiger charge is -2.24. The lowest BCUT2D eigenvalue weighted by atomic mass is 9.94. The fourth-order valence-corrected chi connectivity index (χ4v) is 4.78. The van der Waals surface area contributed by atoms with Crippen LogP contribution in [-0.2, 0) is 11.2 Å². The molecule has 1 fully saturated rings. The van der Waals surface area contributed by atoms with Crippen LogP contribution in [0, 0.1) is 17.5 Å². The van der Waals surface area contributed by atoms with Gasteiger partial charge in [-0.05, 0) is 74.6 Å². The van der Waals surface area contributed by atoms with Gasteiger partial charge in [0.25, 0.3) is 5.91 Å². The molecule has 0 aliphatic carbocycles. The van der Waals surface area contributed by atoms with E-state index in [-0.39, 0.29) is 23.9 Å². The molecular formula is C29H29F3N4O2. The van der Waals surface area contributed by atoms with Crippen LogP contribution in [0.25, 0.3) is 11.1 Å². The van der Waals surface area contributed by atoms with Crippen molar-refractivity contribution in [2.24, 2.45) is 5.73 Å². The highest BCUT2D eigenvalue weighted by Crippen LogP contribution is 2.31. The minimum absolute atomic E-state index is 0.0400. The first kappa shape index (κ1) is 27.1. The molecule has 1 saturated heterocycles. The molecule has 4 rings (SSSR count). The van der Waals surface area contributed by atoms with Crippen LogP contribution in [-0.4, -0.2) is 28.9 Å². The van der Waals surface area contributed by atoms with E-state index >= 15 is 0 Å². The Hall–Kier alpha value is -3.98. The molecule has 1 aliphatic rings. The number of nitrogens with zero attached hydrogens (tertiary/aromatic N) is 1. The Morgan fingerprint density at radius 3 is 2.50 bits per heavy atom. The van der Waals surface area contributed by atoms with E-state index in [1.165, 1.54) is 30.5 Å². The van der Waals surface area contributed by atoms with Gasteiger partial charge in [-0.15, -0.1) is 0 Å². The predicted octanol–water partition coefficient (Wildman–Crippen LogP) is 4.75. The van der Waals surface area contributed by atoms with Crippen molar-refractivity contribution in [1.29, 1.82) is 0 Å². The maximum Gasteiger partial charge on any atom is 0.251 e. The molecular weight excluding hydrogens is 493 g/mol. The Balaban J connectivity index is 1.72. The van der Waals surface area contributed by atoms with Crippen molar-refractivity contribution >= 4 is 11.8 Å². The van der Waals surface area contributed by atoms with Crippen molar-refractivity contribution < 1.29 is 22.8 Å². The molecule has 0 spiro atoms. The van der Waals surface area contributed by atoms with Crippen molar-refractivity contribution in [3.05, 3.63) is 101 Å². The van der Waals surface area contributed by atoms with Crippen LogP contribution in [0.2, 0.25) is 0 Å². The number of aromatic nitrogens is 1. The number of hydrogen-bond donors (Lipinski definition) is 3. The molecule has 9 heteroatoms. The molecule has 198 valence electrons. The first-order valence-corrected chi connectivity index (χ1v) is 12.3. The van der Waals surface area contributed by atoms with Crippen LogP contribution < -0.4 is 16.4 Å². The van der Waals surface area contributed by atoms with Crippen LogP contribution in [0.15, 0.2) is 66.4 Å². The normalized spacial score (nSPS) is 18.3. The average molecular weight is 523 g/mol. The highest BCUT2D eigenvalue weighted by Gasteiger charge is 2.32. The summed E-state index contributed by atoms with van der Waals surface area (Å²) in [5, 5.41) is 6.34. The van der Waals surface area contributed by atoms with Gasteiger partial charge >= 0.3 is 0 Å². The summed E-state index contributed by atoms with van der Waals surface area (Å²) < 4.78 is 42.2. The smallest absolute Gasteiger partial charge is 0.251 e. The molecule has 4 N–H and O–H groups in total. The van der Waals surface area contributed by atoms with Gasteiger partial charge in [-0.2, -0.15) is 0 Å². The first-order valence-electron chi connectivity index (χ1n) is 12.3. The molecule has 1 aliphatic heterocycles. The molecule has 3 atom stereocenters. The Morgan fingerprint density at radius 2 is 1.82 bits per heavy atom. The van der Waals surface area contributed by atoms with Gasteiger partial charge in [0.15, 0.2) is 0 Å². The Kier molecular flexibility index (Phi) is 8.26. The fourth-order valence-electron chi connectivity index (χ4n) is 4.78. The van der Waals surface area contributed by atoms with Gasteiger partial charge in [0.1, 0.15) is 17.5 Å². The maximum atomic E-state index is 14.2. The van der Waals surface area contributed by atoms with Crippen LogP contribution in [0.5, 0.6) is 0 Å². The molecule has 1 aromatic heterocycles. The van der Waals surface area contributed by atoms with Crippen LogP contribution >= 0.6 is 0 Å². The molecule has 3 aromatic rings. The van der Waals surface area contributed by atoms with E-state index in [1.807, 2.05) is 19.9 Å². The summed E-state index contributed by atoms with van der Waals surface area (Å²) in [6, 6.07) is 9.33. The van der Waals surface area contributed by atoms with Crippen LogP contribution in [0.1, 0.15) is 54.3 Å². The van der Waals surface area contributed by atoms with E-state index in [2.05, 4.69) is 15.6 Å². The monoisotopic (exact) mass is 522 g/mol. The number of carbonyl (C=O) groups is 2. The van der Waals surface area contributed by atoms with Gasteiger partial charge in [0.2, 0.25) is 5.91 Å². The molecule has 0 radical (unpaired) electrons. The molecule has 2 heterocycles. The molecule has 2 aromatic carbocycles. The zero-order valence-electron chi connectivity index (χ0n) is 21.1. The van der Waals surface area contributed by atoms with E-state index in [1.54, 1.807) is 12.1 Å². The summed E-state index contributed by atoms with van der Waals surface area (Å²) in [7, 11) is 0. The zero-order chi connectivity index (χ0) is 27.4. The Bertz CT molecular complexity index is 1370. The van der Waals surface area contributed by atoms with Gasteiger partial charge in [0, 0.05) is 23.9 Å². The number of amides is 2. The number of nitrogens with one attached hydrogen (secondary N) is 2. The number of hydrogen-bond acceptors (Lipinski definition) is 4. The number of carbonyl (C=O) groups excluding carboxylic acids is 2. The minimum atomic E-state index is -0.923. The second kappa shape index (κ2) is 11.6. The molecule has 6 nitrogen and oxygen atoms in total. The predicted molar refractivity (Wildman–Crippen MR) is 138 cm³/mol. The van der Waals surface area contributed by atoms with Crippen molar-refractivity contribution in [1.82, 2.24) is 15.6 Å². The third-order valence-electron chi connectivity index (χ3n) is 6.86. The average Bonchev–Trinajstić information content (AvgIpc) is 3.38. The summed E-state index contributed by atoms with van der Waals surface area (Å²) in [5.41, 5.74) is 7.87. The highest BCUT2D eigenvalue weighted by atomic mass is 19.1. The lowest BCUT2D eigenvalue weighted by Crippen LogP contribution is -2.45. The number of pyridine rings is 1. The maximum absolute atomic E-state index is 14.2. The molecule has 0 saturated carbocycles. The fraction of sp³-hybridized carbons (Fsp3) is 0.276. The second-order valence-corrected chi connectivity index (χ2v) is 9.42. The van der Waals surface area contributed by atoms with Gasteiger partial charge in [0.05, 0.1) is 23.3 Å². The van der Waals surface area contributed by atoms with Crippen LogP contribution in [0.3, 0.4) is 0 Å². The van der Waals surface area contributed by atoms with Gasteiger partial charge < -0.3 is 11.1 Å². The van der Waals surface area contributed by atoms with E-state index in [9.17, 15) is 22.8 Å². The summed E-state index contributed by atoms with van der Waals surface area (Å²) >= 11 is 0. The molecule has 38 heavy (non-hydrogen) atoms. The Labute approximate surface area is 219 Å². The van der Waals surface area contributed by atoms with Gasteiger partial charge in [-0.1, -0.05) is 23.8 Å². The molecule has 2 amide bonds. The number of allylic oxidation sites excluding steroid dienone is 1. The quantitative estimate of drug-likeness (QED) is 0.372. The largest absolute Gasteiger partial charge is 0.366 e. The molecule has 3 unspecified atom stereocenters. The number of nitrogens with two attached hydrogens (primary N) is 1. The lowest BCUT2D eigenvalue weighted by molar-refractivity contribution is -0.123. The summed E-state index contributed by atoms with van der Waals surface area (Å²) in [6.45, 7) is 3.95. The van der Waals surface area contributed by atoms with Crippen molar-refractivity contribution in [2.45, 2.75) is 51.2 Å². The second-order valence-electron chi connectivity index (χ2n) is 9.42. The summed E-state index contributed by atoms with van der Waals surface area (Å²) in [4.78, 5) is 29.6. The zero-order valence-corrected chi connectivity index (χ0v) is 21.1. The Morgan fingerprint density at radius 1 is 1.11 bits per heavy atom. The van der Waals surface area contributed by atoms with E-state index in [4.69, 9.17) is 5.73 Å². The van der Waals surface area contributed by atoms with E-state index < -0.39 is 35.4 Å². The standard InChI is InChI=1S/C29H29F3N4O2/c1-3-16(2)24-8-9-25(35-24)29(38)36-26(13-17-11-19(30)15-20(31)12-17)27-21(5-4-10-34-27)18-6-7-23(32)22(14-18)28(33)37/h3-7,10-12,14-15,24-26,35H,8-9,13H2,1-2H3,(H2,33,37)(H,36,38). The summed E-state index contributed by atoms with van der Waals surface area (Å²) in [6.07, 6.45) is 5.00. The number of primary amides is 1. The SMILES string of the molecule is CC=C(C)C1CCC(C(=O)NC(Cc2cc(F)cc(F)c2)c2ncccc2-c2ccc(F)c(C(N)=O)c2)N1. The van der Waals surface area contributed by atoms with Gasteiger partial charge in [-0.3, -0.25) is 19.9 Å². The summed E-state index contributed by atoms with van der Waals surface area (Å²) in [5.74, 6) is -3.43. The molecule has 0 bridgehead atoms. The van der Waals surface area contributed by atoms with Crippen molar-refractivity contribution in [3.8, 4) is 11.1 Å². The van der Waals surface area contributed by atoms with Crippen molar-refractivity contribution in [2.75, 3.05) is 0 Å². The van der Waals surface area contributed by atoms with Crippen LogP contribution in [0.4, 0.5) is 13.2 Å². The highest BCUT2D eigenvalue weighted by molar-refractivity contribution is 5.94. The third kappa shape index (κ3) is 6.11. The van der Waals surface area contributed by atoms with E-state index in [0.29, 0.717) is 28.8 Å². The minimum Gasteiger partial charge on any atom is -0.366 e. The van der Waals surface area contributed by atoms with Crippen molar-refractivity contribution in [3.63, 3.8) is 0 Å². The number of halogens is 3. The third-order valence-corrected chi connectivity index (χ3v) is 6.86. The topological polar surface area (TPSA) is 97.1 Å². The first-order chi connectivity index (χ1) is 18.2. The number of rotatable bonds is 8. The number of benzene rings is 2. The van der Waals surface area contributed by atoms with E-state index in [0.717, 1.165) is 24.1 Å².